The van der Waals surface area contributed by atoms with Crippen molar-refractivity contribution in [1.29, 1.82) is 0 Å². The number of ether oxygens (including phenoxy) is 3. The number of aromatic nitrogens is 4. The van der Waals surface area contributed by atoms with E-state index in [0.29, 0.717) is 62.9 Å². The maximum absolute atomic E-state index is 12.4. The van der Waals surface area contributed by atoms with Gasteiger partial charge in [0.05, 0.1) is 57.0 Å². The molecule has 3 aromatic heterocycles. The zero-order valence-electron chi connectivity index (χ0n) is 19.9. The van der Waals surface area contributed by atoms with Crippen molar-refractivity contribution in [2.75, 3.05) is 51.5 Å². The Morgan fingerprint density at radius 3 is 2.62 bits per heavy atom. The third-order valence-corrected chi connectivity index (χ3v) is 5.60. The van der Waals surface area contributed by atoms with E-state index in [2.05, 4.69) is 30.2 Å². The number of fused-ring (bicyclic) bond motifs is 2. The molecule has 4 N–H and O–H groups in total. The fraction of sp³-hybridized carbons (Fsp3) is 0.333. The molecule has 12 nitrogen and oxygen atoms in total. The van der Waals surface area contributed by atoms with Crippen LogP contribution in [0.25, 0.3) is 21.8 Å². The summed E-state index contributed by atoms with van der Waals surface area (Å²) in [5, 5.41) is 15.4. The molecule has 0 saturated heterocycles. The number of carboxylic acid groups (broad SMARTS) is 1. The Labute approximate surface area is 216 Å². The number of carbonyl (C=O) groups is 1. The van der Waals surface area contributed by atoms with Crippen LogP contribution in [-0.4, -0.2) is 76.9 Å². The summed E-state index contributed by atoms with van der Waals surface area (Å²) in [6, 6.07) is 9.38. The van der Waals surface area contributed by atoms with E-state index in [1.54, 1.807) is 6.07 Å². The maximum atomic E-state index is 12.4. The first-order valence-electron chi connectivity index (χ1n) is 11.6. The van der Waals surface area contributed by atoms with Gasteiger partial charge in [0, 0.05) is 36.4 Å². The van der Waals surface area contributed by atoms with Gasteiger partial charge in [-0.15, -0.1) is 0 Å². The van der Waals surface area contributed by atoms with E-state index in [9.17, 15) is 9.59 Å². The monoisotopic (exact) mass is 530 g/mol. The Bertz CT molecular complexity index is 1410. The number of anilines is 2. The van der Waals surface area contributed by atoms with Crippen molar-refractivity contribution < 1.29 is 24.1 Å². The number of halogens is 1. The van der Waals surface area contributed by atoms with E-state index >= 15 is 0 Å². The lowest BCUT2D eigenvalue weighted by Gasteiger charge is -2.11. The summed E-state index contributed by atoms with van der Waals surface area (Å²) in [5.74, 6) is 0.336. The fourth-order valence-electron chi connectivity index (χ4n) is 3.74. The number of H-pyrrole nitrogens is 1. The molecule has 0 bridgehead atoms. The second kappa shape index (κ2) is 13.0. The van der Waals surface area contributed by atoms with Crippen LogP contribution in [0.2, 0.25) is 5.15 Å². The average Bonchev–Trinajstić information content (AvgIpc) is 3.28. The van der Waals surface area contributed by atoms with Crippen LogP contribution in [0.4, 0.5) is 16.3 Å². The molecule has 4 aromatic rings. The van der Waals surface area contributed by atoms with Gasteiger partial charge in [-0.05, 0) is 18.2 Å². The number of aromatic amines is 1. The van der Waals surface area contributed by atoms with Crippen LogP contribution in [0.3, 0.4) is 0 Å². The highest BCUT2D eigenvalue weighted by Gasteiger charge is 2.13. The first-order chi connectivity index (χ1) is 18.0. The van der Waals surface area contributed by atoms with Gasteiger partial charge in [-0.1, -0.05) is 17.7 Å². The van der Waals surface area contributed by atoms with Gasteiger partial charge >= 0.3 is 6.09 Å². The van der Waals surface area contributed by atoms with Crippen molar-refractivity contribution in [3.8, 4) is 0 Å². The van der Waals surface area contributed by atoms with Crippen LogP contribution in [0, 0.1) is 0 Å². The molecule has 0 spiro atoms. The van der Waals surface area contributed by atoms with Gasteiger partial charge in [0.1, 0.15) is 16.4 Å². The first-order valence-corrected chi connectivity index (χ1v) is 12.0. The molecular formula is C24H27ClN6O6. The first kappa shape index (κ1) is 26.4. The molecule has 0 unspecified atom stereocenters. The van der Waals surface area contributed by atoms with Crippen molar-refractivity contribution in [3.63, 3.8) is 0 Å². The molecule has 37 heavy (non-hydrogen) atoms. The van der Waals surface area contributed by atoms with E-state index in [-0.39, 0.29) is 17.3 Å². The molecule has 196 valence electrons. The molecular weight excluding hydrogens is 504 g/mol. The van der Waals surface area contributed by atoms with Crippen molar-refractivity contribution >= 4 is 51.0 Å². The maximum Gasteiger partial charge on any atom is 0.404 e. The van der Waals surface area contributed by atoms with E-state index < -0.39 is 6.09 Å². The van der Waals surface area contributed by atoms with E-state index in [1.807, 2.05) is 30.5 Å². The molecule has 3 heterocycles. The zero-order valence-corrected chi connectivity index (χ0v) is 20.7. The fourth-order valence-corrected chi connectivity index (χ4v) is 3.93. The molecule has 0 aliphatic heterocycles. The summed E-state index contributed by atoms with van der Waals surface area (Å²) in [5.41, 5.74) is 1.93. The minimum atomic E-state index is -1.07. The molecule has 0 aliphatic rings. The standard InChI is InChI=1S/C24H27ClN6O6/c25-20-14-18-21(23(32)28-15-27-18)22(30-20)29-17-2-1-3-19-16(17)4-6-31(19)7-9-36-11-13-37-12-10-35-8-5-26-24(33)34/h1-4,6,14-15,26H,5,7-13H2,(H,29,30)(H,33,34)(H,27,28,32). The Balaban J connectivity index is 1.26. The predicted octanol–water partition coefficient (Wildman–Crippen LogP) is 2.99. The molecule has 0 fully saturated rings. The van der Waals surface area contributed by atoms with Gasteiger partial charge in [-0.2, -0.15) is 0 Å². The number of amides is 1. The lowest BCUT2D eigenvalue weighted by Crippen LogP contribution is -2.25. The number of benzene rings is 1. The number of nitrogens with zero attached hydrogens (tertiary/aromatic N) is 3. The van der Waals surface area contributed by atoms with Crippen molar-refractivity contribution in [3.05, 3.63) is 58.4 Å². The average molecular weight is 531 g/mol. The van der Waals surface area contributed by atoms with Gasteiger partial charge < -0.3 is 39.5 Å². The Morgan fingerprint density at radius 1 is 1.08 bits per heavy atom. The van der Waals surface area contributed by atoms with Crippen LogP contribution in [0.1, 0.15) is 0 Å². The number of nitrogens with one attached hydrogen (secondary N) is 3. The summed E-state index contributed by atoms with van der Waals surface area (Å²) in [4.78, 5) is 33.8. The van der Waals surface area contributed by atoms with Gasteiger partial charge in [0.25, 0.3) is 5.56 Å². The number of hydrogen-bond donors (Lipinski definition) is 4. The molecule has 0 radical (unpaired) electrons. The summed E-state index contributed by atoms with van der Waals surface area (Å²) >= 11 is 6.15. The summed E-state index contributed by atoms with van der Waals surface area (Å²) < 4.78 is 18.5. The van der Waals surface area contributed by atoms with Crippen LogP contribution in [-0.2, 0) is 20.8 Å². The molecule has 0 atom stereocenters. The molecule has 0 aliphatic carbocycles. The third-order valence-electron chi connectivity index (χ3n) is 5.40. The second-order valence-corrected chi connectivity index (χ2v) is 8.25. The summed E-state index contributed by atoms with van der Waals surface area (Å²) in [6.07, 6.45) is 2.24. The summed E-state index contributed by atoms with van der Waals surface area (Å²) in [6.45, 7) is 3.38. The van der Waals surface area contributed by atoms with Crippen molar-refractivity contribution in [1.82, 2.24) is 24.8 Å². The Morgan fingerprint density at radius 2 is 1.84 bits per heavy atom. The molecule has 4 rings (SSSR count). The SMILES string of the molecule is O=C(O)NCCOCCOCCOCCn1ccc2c(Nc3nc(Cl)cc4nc[nH]c(=O)c34)cccc21. The smallest absolute Gasteiger partial charge is 0.404 e. The second-order valence-electron chi connectivity index (χ2n) is 7.86. The quantitative estimate of drug-likeness (QED) is 0.142. The van der Waals surface area contributed by atoms with Gasteiger partial charge in [0.15, 0.2) is 0 Å². The minimum absolute atomic E-state index is 0.236. The van der Waals surface area contributed by atoms with Crippen LogP contribution in [0.15, 0.2) is 47.7 Å². The van der Waals surface area contributed by atoms with Gasteiger partial charge in [0.2, 0.25) is 0 Å². The largest absolute Gasteiger partial charge is 0.465 e. The molecule has 1 amide bonds. The van der Waals surface area contributed by atoms with E-state index in [1.165, 1.54) is 6.33 Å². The highest BCUT2D eigenvalue weighted by atomic mass is 35.5. The highest BCUT2D eigenvalue weighted by Crippen LogP contribution is 2.29. The lowest BCUT2D eigenvalue weighted by molar-refractivity contribution is 0.0139. The normalized spacial score (nSPS) is 11.3. The highest BCUT2D eigenvalue weighted by molar-refractivity contribution is 6.30. The van der Waals surface area contributed by atoms with E-state index in [4.69, 9.17) is 30.9 Å². The number of hydrogen-bond acceptors (Lipinski definition) is 8. The topological polar surface area (TPSA) is 153 Å². The van der Waals surface area contributed by atoms with E-state index in [0.717, 1.165) is 16.6 Å². The number of pyridine rings is 1. The van der Waals surface area contributed by atoms with Crippen LogP contribution >= 0.6 is 11.6 Å². The molecule has 1 aromatic carbocycles. The van der Waals surface area contributed by atoms with Gasteiger partial charge in [-0.25, -0.2) is 14.8 Å². The van der Waals surface area contributed by atoms with Gasteiger partial charge in [-0.3, -0.25) is 4.79 Å². The zero-order chi connectivity index (χ0) is 26.0. The predicted molar refractivity (Wildman–Crippen MR) is 139 cm³/mol. The van der Waals surface area contributed by atoms with Crippen LogP contribution in [0.5, 0.6) is 0 Å². The Hall–Kier alpha value is -3.71. The summed E-state index contributed by atoms with van der Waals surface area (Å²) in [7, 11) is 0. The number of rotatable bonds is 14. The third kappa shape index (κ3) is 7.17. The lowest BCUT2D eigenvalue weighted by atomic mass is 10.2. The van der Waals surface area contributed by atoms with Crippen molar-refractivity contribution in [2.24, 2.45) is 0 Å². The molecule has 0 saturated carbocycles. The minimum Gasteiger partial charge on any atom is -0.465 e. The van der Waals surface area contributed by atoms with Crippen LogP contribution < -0.4 is 16.2 Å². The van der Waals surface area contributed by atoms with Crippen molar-refractivity contribution in [2.45, 2.75) is 6.54 Å². The molecule has 13 heteroatoms. The Kier molecular flexibility index (Phi) is 9.27.